The van der Waals surface area contributed by atoms with E-state index in [-0.39, 0.29) is 22.9 Å². The van der Waals surface area contributed by atoms with Crippen LogP contribution in [-0.2, 0) is 6.54 Å². The van der Waals surface area contributed by atoms with E-state index in [2.05, 4.69) is 5.32 Å². The van der Waals surface area contributed by atoms with Crippen molar-refractivity contribution in [2.24, 2.45) is 0 Å². The molecule has 0 radical (unpaired) electrons. The van der Waals surface area contributed by atoms with Gasteiger partial charge in [-0.15, -0.1) is 0 Å². The minimum absolute atomic E-state index is 0.168. The van der Waals surface area contributed by atoms with E-state index >= 15 is 0 Å². The lowest BCUT2D eigenvalue weighted by Gasteiger charge is -2.21. The van der Waals surface area contributed by atoms with Gasteiger partial charge < -0.3 is 9.88 Å². The van der Waals surface area contributed by atoms with Gasteiger partial charge in [-0.25, -0.2) is 0 Å². The van der Waals surface area contributed by atoms with Gasteiger partial charge in [0, 0.05) is 24.2 Å². The van der Waals surface area contributed by atoms with Crippen molar-refractivity contribution in [2.75, 3.05) is 0 Å². The number of hydrogen-bond acceptors (Lipinski definition) is 2. The van der Waals surface area contributed by atoms with Gasteiger partial charge in [0.25, 0.3) is 5.91 Å². The summed E-state index contributed by atoms with van der Waals surface area (Å²) < 4.78 is 1.98. The van der Waals surface area contributed by atoms with Gasteiger partial charge in [-0.1, -0.05) is 44.2 Å². The number of amides is 1. The topological polar surface area (TPSA) is 51.1 Å². The fourth-order valence-corrected chi connectivity index (χ4v) is 3.63. The van der Waals surface area contributed by atoms with Crippen molar-refractivity contribution in [3.8, 4) is 0 Å². The highest BCUT2D eigenvalue weighted by atomic mass is 16.2. The second-order valence-electron chi connectivity index (χ2n) is 6.69. The normalized spacial score (nSPS) is 16.5. The molecule has 1 fully saturated rings. The van der Waals surface area contributed by atoms with Crippen LogP contribution in [0.25, 0.3) is 10.9 Å². The molecule has 0 spiro atoms. The lowest BCUT2D eigenvalue weighted by atomic mass is 9.96. The summed E-state index contributed by atoms with van der Waals surface area (Å²) in [6.45, 7) is 2.75. The van der Waals surface area contributed by atoms with Crippen molar-refractivity contribution >= 4 is 16.8 Å². The second kappa shape index (κ2) is 7.65. The number of fused-ring (bicyclic) bond motifs is 1. The number of carbonyl (C=O) groups is 1. The molecule has 1 aliphatic rings. The Morgan fingerprint density at radius 3 is 2.50 bits per heavy atom. The summed E-state index contributed by atoms with van der Waals surface area (Å²) in [7, 11) is 0. The number of hydrogen-bond donors (Lipinski definition) is 1. The molecule has 4 heteroatoms. The molecule has 1 aromatic carbocycles. The molecule has 24 heavy (non-hydrogen) atoms. The molecule has 4 nitrogen and oxygen atoms in total. The molecular formula is C20H26N2O2. The first-order chi connectivity index (χ1) is 11.7. The summed E-state index contributed by atoms with van der Waals surface area (Å²) in [5, 5.41) is 3.72. The highest BCUT2D eigenvalue weighted by molar-refractivity contribution is 5.97. The minimum Gasteiger partial charge on any atom is -0.349 e. The van der Waals surface area contributed by atoms with E-state index in [1.54, 1.807) is 12.3 Å². The Balaban J connectivity index is 1.89. The van der Waals surface area contributed by atoms with Crippen LogP contribution in [0.1, 0.15) is 62.2 Å². The number of rotatable bonds is 3. The van der Waals surface area contributed by atoms with Crippen LogP contribution in [0, 0.1) is 0 Å². The van der Waals surface area contributed by atoms with Crippen molar-refractivity contribution < 1.29 is 4.79 Å². The highest BCUT2D eigenvalue weighted by Crippen LogP contribution is 2.18. The van der Waals surface area contributed by atoms with Gasteiger partial charge in [0.1, 0.15) is 5.56 Å². The van der Waals surface area contributed by atoms with Crippen molar-refractivity contribution in [1.29, 1.82) is 0 Å². The predicted octanol–water partition coefficient (Wildman–Crippen LogP) is 3.86. The van der Waals surface area contributed by atoms with Crippen molar-refractivity contribution in [3.63, 3.8) is 0 Å². The molecule has 128 valence electrons. The summed E-state index contributed by atoms with van der Waals surface area (Å²) in [6.07, 6.45) is 9.83. The van der Waals surface area contributed by atoms with Gasteiger partial charge in [-0.05, 0) is 31.9 Å². The third kappa shape index (κ3) is 3.53. The number of aromatic nitrogens is 1. The molecule has 0 aliphatic heterocycles. The van der Waals surface area contributed by atoms with Crippen LogP contribution in [0.2, 0.25) is 0 Å². The molecule has 1 saturated carbocycles. The standard InChI is InChI=1S/C20H26N2O2/c1-2-22-14-17(19(23)16-12-8-9-13-18(16)22)20(24)21-15-10-6-4-3-5-7-11-15/h8-9,12-15H,2-7,10-11H2,1H3,(H,21,24). The zero-order chi connectivity index (χ0) is 16.9. The van der Waals surface area contributed by atoms with E-state index < -0.39 is 0 Å². The SMILES string of the molecule is CCn1cc(C(=O)NC2CCCCCCC2)c(=O)c2ccccc21. The number of carbonyl (C=O) groups excluding carboxylic acids is 1. The van der Waals surface area contributed by atoms with Crippen LogP contribution < -0.4 is 10.7 Å². The summed E-state index contributed by atoms with van der Waals surface area (Å²) >= 11 is 0. The molecule has 0 bridgehead atoms. The molecule has 1 heterocycles. The Kier molecular flexibility index (Phi) is 5.34. The minimum atomic E-state index is -0.224. The van der Waals surface area contributed by atoms with Crippen LogP contribution in [0.15, 0.2) is 35.3 Å². The molecule has 0 unspecified atom stereocenters. The van der Waals surface area contributed by atoms with E-state index in [1.165, 1.54) is 19.3 Å². The maximum atomic E-state index is 12.7. The molecule has 1 N–H and O–H groups in total. The molecule has 1 aromatic heterocycles. The Labute approximate surface area is 142 Å². The fourth-order valence-electron chi connectivity index (χ4n) is 3.63. The molecule has 3 rings (SSSR count). The molecule has 0 atom stereocenters. The highest BCUT2D eigenvalue weighted by Gasteiger charge is 2.19. The van der Waals surface area contributed by atoms with Crippen LogP contribution in [-0.4, -0.2) is 16.5 Å². The maximum Gasteiger partial charge on any atom is 0.256 e. The molecule has 0 saturated heterocycles. The summed E-state index contributed by atoms with van der Waals surface area (Å²) in [5.41, 5.74) is 0.976. The number of pyridine rings is 1. The van der Waals surface area contributed by atoms with Gasteiger partial charge >= 0.3 is 0 Å². The third-order valence-corrected chi connectivity index (χ3v) is 5.01. The van der Waals surface area contributed by atoms with E-state index in [9.17, 15) is 9.59 Å². The fraction of sp³-hybridized carbons (Fsp3) is 0.500. The zero-order valence-corrected chi connectivity index (χ0v) is 14.4. The van der Waals surface area contributed by atoms with E-state index in [0.717, 1.165) is 37.7 Å². The van der Waals surface area contributed by atoms with Crippen molar-refractivity contribution in [3.05, 3.63) is 46.2 Å². The van der Waals surface area contributed by atoms with Gasteiger partial charge in [0.15, 0.2) is 0 Å². The quantitative estimate of drug-likeness (QED) is 0.931. The van der Waals surface area contributed by atoms with E-state index in [1.807, 2.05) is 29.7 Å². The van der Waals surface area contributed by atoms with Crippen LogP contribution in [0.3, 0.4) is 0 Å². The first-order valence-corrected chi connectivity index (χ1v) is 9.13. The Hall–Kier alpha value is -2.10. The van der Waals surface area contributed by atoms with Crippen LogP contribution in [0.5, 0.6) is 0 Å². The molecule has 2 aromatic rings. The maximum absolute atomic E-state index is 12.7. The van der Waals surface area contributed by atoms with Crippen LogP contribution in [0.4, 0.5) is 0 Å². The summed E-state index contributed by atoms with van der Waals surface area (Å²) in [6, 6.07) is 7.69. The Morgan fingerprint density at radius 2 is 1.79 bits per heavy atom. The third-order valence-electron chi connectivity index (χ3n) is 5.01. The monoisotopic (exact) mass is 326 g/mol. The average Bonchev–Trinajstić information content (AvgIpc) is 2.57. The molecule has 1 aliphatic carbocycles. The summed E-state index contributed by atoms with van der Waals surface area (Å²) in [4.78, 5) is 25.4. The number of benzene rings is 1. The van der Waals surface area contributed by atoms with Gasteiger partial charge in [0.2, 0.25) is 5.43 Å². The first kappa shape index (κ1) is 16.7. The Morgan fingerprint density at radius 1 is 1.12 bits per heavy atom. The second-order valence-corrected chi connectivity index (χ2v) is 6.69. The number of nitrogens with zero attached hydrogens (tertiary/aromatic N) is 1. The van der Waals surface area contributed by atoms with Crippen molar-refractivity contribution in [2.45, 2.75) is 64.5 Å². The molecule has 1 amide bonds. The van der Waals surface area contributed by atoms with E-state index in [4.69, 9.17) is 0 Å². The molecular weight excluding hydrogens is 300 g/mol. The lowest BCUT2D eigenvalue weighted by molar-refractivity contribution is 0.0929. The largest absolute Gasteiger partial charge is 0.349 e. The van der Waals surface area contributed by atoms with Crippen molar-refractivity contribution in [1.82, 2.24) is 9.88 Å². The predicted molar refractivity (Wildman–Crippen MR) is 97.5 cm³/mol. The summed E-state index contributed by atoms with van der Waals surface area (Å²) in [5.74, 6) is -0.224. The van der Waals surface area contributed by atoms with E-state index in [0.29, 0.717) is 5.39 Å². The smallest absolute Gasteiger partial charge is 0.256 e. The lowest BCUT2D eigenvalue weighted by Crippen LogP contribution is -2.38. The number of para-hydroxylation sites is 1. The Bertz CT molecular complexity index is 771. The van der Waals surface area contributed by atoms with Gasteiger partial charge in [-0.2, -0.15) is 0 Å². The van der Waals surface area contributed by atoms with Crippen LogP contribution >= 0.6 is 0 Å². The number of aryl methyl sites for hydroxylation is 1. The average molecular weight is 326 g/mol. The van der Waals surface area contributed by atoms with Gasteiger partial charge in [-0.3, -0.25) is 9.59 Å². The zero-order valence-electron chi connectivity index (χ0n) is 14.4. The number of nitrogens with one attached hydrogen (secondary N) is 1. The van der Waals surface area contributed by atoms with Gasteiger partial charge in [0.05, 0.1) is 5.52 Å². The first-order valence-electron chi connectivity index (χ1n) is 9.13.